The molecule has 0 bridgehead atoms. The van der Waals surface area contributed by atoms with Gasteiger partial charge in [0.1, 0.15) is 5.82 Å². The van der Waals surface area contributed by atoms with E-state index in [1.165, 1.54) is 14.2 Å². The fraction of sp³-hybridized carbons (Fsp3) is 0.261. The molecule has 2 atom stereocenters. The lowest BCUT2D eigenvalue weighted by molar-refractivity contribution is -0.116. The second kappa shape index (κ2) is 7.83. The number of nitrogens with one attached hydrogen (secondary N) is 3. The number of aromatic nitrogens is 2. The number of carbonyl (C=O) groups is 1. The number of Topliss-reactive ketones (excluding diaryl/α,β-unsaturated/α-hetero) is 1. The second-order valence-electron chi connectivity index (χ2n) is 7.77. The number of ketones is 1. The van der Waals surface area contributed by atoms with Crippen molar-refractivity contribution in [3.63, 3.8) is 0 Å². The Morgan fingerprint density at radius 1 is 1.00 bits per heavy atom. The quantitative estimate of drug-likeness (QED) is 0.562. The molecule has 0 amide bonds. The first-order valence-corrected chi connectivity index (χ1v) is 11.0. The van der Waals surface area contributed by atoms with Crippen LogP contribution in [-0.4, -0.2) is 30.0 Å². The largest absolute Gasteiger partial charge is 0.493 e. The summed E-state index contributed by atoms with van der Waals surface area (Å²) in [5.41, 5.74) is 0.975. The van der Waals surface area contributed by atoms with Crippen molar-refractivity contribution in [1.29, 1.82) is 0 Å². The fourth-order valence-corrected chi connectivity index (χ4v) is 5.56. The monoisotopic (exact) mass is 451 g/mol. The van der Waals surface area contributed by atoms with Crippen LogP contribution in [0.2, 0.25) is 0 Å². The van der Waals surface area contributed by atoms with E-state index in [4.69, 9.17) is 9.47 Å². The SMILES string of the molecule is COc1cccc([C@H]2C3=C(C[C@@H](c4cccs4)CC3=O)Nc3[nH]c(=O)[nH]c(=O)c32)c1OC. The standard InChI is InChI=1S/C23H21N3O5S/c1-30-15-6-3-5-12(20(15)31-2)17-18-13(24-21-19(17)22(28)26-23(29)25-21)9-11(10-14(18)27)16-7-4-8-32-16/h3-8,11,17H,9-10H2,1-2H3,(H3,24,25,26,28,29)/t11-,17+/m1/s1. The van der Waals surface area contributed by atoms with Gasteiger partial charge in [-0.05, 0) is 23.9 Å². The highest BCUT2D eigenvalue weighted by atomic mass is 32.1. The third-order valence-corrected chi connectivity index (χ3v) is 7.07. The normalized spacial score (nSPS) is 19.8. The molecule has 1 aromatic carbocycles. The van der Waals surface area contributed by atoms with E-state index in [9.17, 15) is 14.4 Å². The van der Waals surface area contributed by atoms with E-state index >= 15 is 0 Å². The van der Waals surface area contributed by atoms with Gasteiger partial charge in [-0.25, -0.2) is 4.79 Å². The minimum Gasteiger partial charge on any atom is -0.493 e. The summed E-state index contributed by atoms with van der Waals surface area (Å²) in [6, 6.07) is 9.36. The van der Waals surface area contributed by atoms with Crippen LogP contribution in [0.1, 0.15) is 40.7 Å². The number of para-hydroxylation sites is 1. The number of fused-ring (bicyclic) bond motifs is 1. The molecule has 0 unspecified atom stereocenters. The Bertz CT molecular complexity index is 1350. The van der Waals surface area contributed by atoms with Gasteiger partial charge in [-0.1, -0.05) is 18.2 Å². The summed E-state index contributed by atoms with van der Waals surface area (Å²) in [6.45, 7) is 0. The molecule has 8 nitrogen and oxygen atoms in total. The van der Waals surface area contributed by atoms with Gasteiger partial charge in [0.15, 0.2) is 17.3 Å². The van der Waals surface area contributed by atoms with Crippen molar-refractivity contribution in [2.75, 3.05) is 19.5 Å². The summed E-state index contributed by atoms with van der Waals surface area (Å²) in [6.07, 6.45) is 0.943. The first kappa shape index (κ1) is 20.3. The van der Waals surface area contributed by atoms with E-state index in [1.54, 1.807) is 23.5 Å². The highest BCUT2D eigenvalue weighted by molar-refractivity contribution is 7.10. The molecule has 1 aliphatic carbocycles. The third-order valence-electron chi connectivity index (χ3n) is 6.03. The first-order chi connectivity index (χ1) is 15.5. The topological polar surface area (TPSA) is 113 Å². The number of benzene rings is 1. The van der Waals surface area contributed by atoms with Crippen LogP contribution in [0, 0.1) is 0 Å². The molecular formula is C23H21N3O5S. The molecule has 5 rings (SSSR count). The van der Waals surface area contributed by atoms with Crippen molar-refractivity contribution in [3.8, 4) is 11.5 Å². The van der Waals surface area contributed by atoms with Crippen LogP contribution in [0.25, 0.3) is 0 Å². The zero-order valence-corrected chi connectivity index (χ0v) is 18.3. The van der Waals surface area contributed by atoms with E-state index in [2.05, 4.69) is 15.3 Å². The molecule has 0 fully saturated rings. The fourth-order valence-electron chi connectivity index (χ4n) is 4.72. The van der Waals surface area contributed by atoms with Crippen LogP contribution in [0.4, 0.5) is 5.82 Å². The minimum absolute atomic E-state index is 0.0386. The zero-order valence-electron chi connectivity index (χ0n) is 17.5. The Kier molecular flexibility index (Phi) is 4.97. The smallest absolute Gasteiger partial charge is 0.327 e. The van der Waals surface area contributed by atoms with E-state index in [1.807, 2.05) is 23.6 Å². The first-order valence-electron chi connectivity index (χ1n) is 10.2. The minimum atomic E-state index is -0.705. The van der Waals surface area contributed by atoms with E-state index < -0.39 is 17.2 Å². The molecule has 3 N–H and O–H groups in total. The van der Waals surface area contributed by atoms with Gasteiger partial charge in [0, 0.05) is 34.0 Å². The zero-order chi connectivity index (χ0) is 22.4. The summed E-state index contributed by atoms with van der Waals surface area (Å²) in [5, 5.41) is 5.18. The summed E-state index contributed by atoms with van der Waals surface area (Å²) in [5.74, 6) is 0.530. The molecule has 0 spiro atoms. The number of anilines is 1. The maximum absolute atomic E-state index is 13.5. The van der Waals surface area contributed by atoms with Crippen molar-refractivity contribution in [1.82, 2.24) is 9.97 Å². The molecule has 164 valence electrons. The molecule has 3 heterocycles. The summed E-state index contributed by atoms with van der Waals surface area (Å²) >= 11 is 1.62. The van der Waals surface area contributed by atoms with E-state index in [-0.39, 0.29) is 17.3 Å². The summed E-state index contributed by atoms with van der Waals surface area (Å²) < 4.78 is 11.1. The molecular weight excluding hydrogens is 430 g/mol. The molecule has 1 aliphatic heterocycles. The van der Waals surface area contributed by atoms with Crippen LogP contribution in [0.5, 0.6) is 11.5 Å². The number of hydrogen-bond donors (Lipinski definition) is 3. The van der Waals surface area contributed by atoms with Crippen molar-refractivity contribution in [2.45, 2.75) is 24.7 Å². The van der Waals surface area contributed by atoms with Gasteiger partial charge < -0.3 is 14.8 Å². The third kappa shape index (κ3) is 3.16. The maximum Gasteiger partial charge on any atom is 0.327 e. The summed E-state index contributed by atoms with van der Waals surface area (Å²) in [4.78, 5) is 44.6. The number of methoxy groups -OCH3 is 2. The molecule has 0 radical (unpaired) electrons. The Morgan fingerprint density at radius 3 is 2.56 bits per heavy atom. The molecule has 32 heavy (non-hydrogen) atoms. The molecule has 3 aromatic rings. The van der Waals surface area contributed by atoms with E-state index in [0.717, 1.165) is 4.88 Å². The predicted octanol–water partition coefficient (Wildman–Crippen LogP) is 3.10. The van der Waals surface area contributed by atoms with Gasteiger partial charge in [0.2, 0.25) is 0 Å². The number of H-pyrrole nitrogens is 2. The lowest BCUT2D eigenvalue weighted by atomic mass is 9.73. The molecule has 2 aromatic heterocycles. The Labute approximate surface area is 186 Å². The number of thiophene rings is 1. The lowest BCUT2D eigenvalue weighted by Gasteiger charge is -2.35. The molecule has 0 saturated heterocycles. The van der Waals surface area contributed by atoms with Gasteiger partial charge in [0.05, 0.1) is 25.7 Å². The Morgan fingerprint density at radius 2 is 1.84 bits per heavy atom. The average molecular weight is 452 g/mol. The highest BCUT2D eigenvalue weighted by Crippen LogP contribution is 2.49. The van der Waals surface area contributed by atoms with Crippen LogP contribution >= 0.6 is 11.3 Å². The van der Waals surface area contributed by atoms with Gasteiger partial charge in [-0.15, -0.1) is 11.3 Å². The van der Waals surface area contributed by atoms with Crippen molar-refractivity contribution in [3.05, 3.63) is 83.8 Å². The Hall–Kier alpha value is -3.59. The average Bonchev–Trinajstić information content (AvgIpc) is 3.31. The molecule has 0 saturated carbocycles. The van der Waals surface area contributed by atoms with Gasteiger partial charge in [-0.2, -0.15) is 0 Å². The summed E-state index contributed by atoms with van der Waals surface area (Å²) in [7, 11) is 3.05. The molecule has 2 aliphatic rings. The van der Waals surface area contributed by atoms with Crippen molar-refractivity contribution >= 4 is 22.9 Å². The number of ether oxygens (including phenoxy) is 2. The van der Waals surface area contributed by atoms with E-state index in [0.29, 0.717) is 47.0 Å². The van der Waals surface area contributed by atoms with Crippen LogP contribution in [0.3, 0.4) is 0 Å². The Balaban J connectivity index is 1.75. The van der Waals surface area contributed by atoms with Crippen LogP contribution in [-0.2, 0) is 4.79 Å². The van der Waals surface area contributed by atoms with Gasteiger partial charge in [-0.3, -0.25) is 19.6 Å². The number of carbonyl (C=O) groups excluding carboxylic acids is 1. The predicted molar refractivity (Wildman–Crippen MR) is 121 cm³/mol. The van der Waals surface area contributed by atoms with Gasteiger partial charge in [0.25, 0.3) is 5.56 Å². The maximum atomic E-state index is 13.5. The highest BCUT2D eigenvalue weighted by Gasteiger charge is 2.41. The van der Waals surface area contributed by atoms with Crippen molar-refractivity contribution < 1.29 is 14.3 Å². The number of aromatic amines is 2. The number of allylic oxidation sites excluding steroid dienone is 2. The van der Waals surface area contributed by atoms with Crippen LogP contribution in [0.15, 0.2) is 56.6 Å². The number of hydrogen-bond acceptors (Lipinski definition) is 7. The van der Waals surface area contributed by atoms with Gasteiger partial charge >= 0.3 is 5.69 Å². The van der Waals surface area contributed by atoms with Crippen LogP contribution < -0.4 is 26.0 Å². The molecule has 9 heteroatoms. The number of rotatable bonds is 4. The van der Waals surface area contributed by atoms with Crippen molar-refractivity contribution in [2.24, 2.45) is 0 Å². The second-order valence-corrected chi connectivity index (χ2v) is 8.75. The lowest BCUT2D eigenvalue weighted by Crippen LogP contribution is -2.37.